The van der Waals surface area contributed by atoms with Crippen LogP contribution in [0.5, 0.6) is 0 Å². The van der Waals surface area contributed by atoms with Gasteiger partial charge in [0, 0.05) is 19.0 Å². The van der Waals surface area contributed by atoms with Crippen molar-refractivity contribution < 1.29 is 9.53 Å². The predicted octanol–water partition coefficient (Wildman–Crippen LogP) is 0.653. The van der Waals surface area contributed by atoms with E-state index in [0.29, 0.717) is 29.7 Å². The molecule has 0 fully saturated rings. The summed E-state index contributed by atoms with van der Waals surface area (Å²) in [5.41, 5.74) is 1.46. The van der Waals surface area contributed by atoms with E-state index in [-0.39, 0.29) is 18.0 Å². The zero-order chi connectivity index (χ0) is 17.8. The highest BCUT2D eigenvalue weighted by Crippen LogP contribution is 2.16. The number of hydrogen-bond donors (Lipinski definition) is 1. The second-order valence-electron chi connectivity index (χ2n) is 5.55. The monoisotopic (exact) mass is 341 g/mol. The molecule has 1 N–H and O–H groups in total. The molecule has 0 saturated carbocycles. The first kappa shape index (κ1) is 16.8. The summed E-state index contributed by atoms with van der Waals surface area (Å²) < 4.78 is 7.63. The quantitative estimate of drug-likeness (QED) is 0.665. The minimum Gasteiger partial charge on any atom is -0.383 e. The van der Waals surface area contributed by atoms with E-state index in [1.165, 1.54) is 4.68 Å². The number of rotatable bonds is 6. The number of aromatic nitrogens is 4. The summed E-state index contributed by atoms with van der Waals surface area (Å²) in [4.78, 5) is 24.8. The van der Waals surface area contributed by atoms with Crippen LogP contribution in [-0.2, 0) is 16.1 Å². The van der Waals surface area contributed by atoms with Crippen molar-refractivity contribution >= 4 is 16.8 Å². The van der Waals surface area contributed by atoms with Gasteiger partial charge in [0.15, 0.2) is 0 Å². The minimum atomic E-state index is -0.358. The Morgan fingerprint density at radius 3 is 2.76 bits per heavy atom. The van der Waals surface area contributed by atoms with Crippen LogP contribution in [0.2, 0.25) is 0 Å². The third-order valence-electron chi connectivity index (χ3n) is 3.79. The second kappa shape index (κ2) is 7.27. The van der Waals surface area contributed by atoms with Gasteiger partial charge in [-0.25, -0.2) is 9.36 Å². The average Bonchev–Trinajstić information content (AvgIpc) is 3.06. The van der Waals surface area contributed by atoms with Crippen molar-refractivity contribution in [3.63, 3.8) is 0 Å². The molecule has 8 heteroatoms. The largest absolute Gasteiger partial charge is 0.383 e. The van der Waals surface area contributed by atoms with Gasteiger partial charge in [-0.1, -0.05) is 18.2 Å². The van der Waals surface area contributed by atoms with Crippen LogP contribution in [0.3, 0.4) is 0 Å². The van der Waals surface area contributed by atoms with Gasteiger partial charge < -0.3 is 10.1 Å². The lowest BCUT2D eigenvalue weighted by Gasteiger charge is -2.09. The number of methoxy groups -OCH3 is 1. The number of fused-ring (bicyclic) bond motifs is 1. The van der Waals surface area contributed by atoms with Crippen molar-refractivity contribution in [2.75, 3.05) is 20.3 Å². The molecule has 0 aliphatic rings. The number of nitrogens with zero attached hydrogens (tertiary/aromatic N) is 4. The molecule has 130 valence electrons. The zero-order valence-corrected chi connectivity index (χ0v) is 14.1. The zero-order valence-electron chi connectivity index (χ0n) is 14.1. The van der Waals surface area contributed by atoms with Gasteiger partial charge in [0.05, 0.1) is 24.2 Å². The number of carbonyl (C=O) groups excluding carboxylic acids is 1. The Bertz CT molecular complexity index is 946. The molecule has 0 radical (unpaired) electrons. The van der Waals surface area contributed by atoms with E-state index >= 15 is 0 Å². The van der Waals surface area contributed by atoms with Gasteiger partial charge >= 0.3 is 0 Å². The number of para-hydroxylation sites is 1. The van der Waals surface area contributed by atoms with E-state index in [2.05, 4.69) is 15.5 Å². The fourth-order valence-electron chi connectivity index (χ4n) is 2.58. The molecule has 0 atom stereocenters. The van der Waals surface area contributed by atoms with Crippen molar-refractivity contribution in [1.29, 1.82) is 0 Å². The Kier molecular flexibility index (Phi) is 4.90. The third kappa shape index (κ3) is 3.43. The highest BCUT2D eigenvalue weighted by atomic mass is 16.5. The Labute approximate surface area is 144 Å². The molecule has 2 heterocycles. The van der Waals surface area contributed by atoms with Crippen molar-refractivity contribution in [3.8, 4) is 5.69 Å². The van der Waals surface area contributed by atoms with Crippen LogP contribution in [-0.4, -0.2) is 45.7 Å². The number of amides is 1. The van der Waals surface area contributed by atoms with E-state index in [1.807, 2.05) is 30.3 Å². The predicted molar refractivity (Wildman–Crippen MR) is 92.7 cm³/mol. The molecule has 0 aliphatic carbocycles. The van der Waals surface area contributed by atoms with Gasteiger partial charge in [-0.2, -0.15) is 10.2 Å². The second-order valence-corrected chi connectivity index (χ2v) is 5.55. The molecular formula is C17H19N5O3. The fourth-order valence-corrected chi connectivity index (χ4v) is 2.58. The van der Waals surface area contributed by atoms with Crippen LogP contribution in [0.4, 0.5) is 0 Å². The van der Waals surface area contributed by atoms with E-state index in [9.17, 15) is 9.59 Å². The van der Waals surface area contributed by atoms with Crippen molar-refractivity contribution in [3.05, 3.63) is 52.6 Å². The maximum absolute atomic E-state index is 12.8. The Morgan fingerprint density at radius 1 is 1.28 bits per heavy atom. The lowest BCUT2D eigenvalue weighted by atomic mass is 10.2. The molecular weight excluding hydrogens is 322 g/mol. The SMILES string of the molecule is COCCNC(=O)Cn1nc(C)c2cnn(-c3ccccc3)c2c1=O. The molecule has 0 unspecified atom stereocenters. The summed E-state index contributed by atoms with van der Waals surface area (Å²) in [5.74, 6) is -0.295. The van der Waals surface area contributed by atoms with Crippen LogP contribution >= 0.6 is 0 Å². The standard InChI is InChI=1S/C17H19N5O3/c1-12-14-10-19-22(13-6-4-3-5-7-13)16(14)17(24)21(20-12)11-15(23)18-8-9-25-2/h3-7,10H,8-9,11H2,1-2H3,(H,18,23). The van der Waals surface area contributed by atoms with Crippen LogP contribution in [0.1, 0.15) is 5.69 Å². The van der Waals surface area contributed by atoms with Crippen LogP contribution in [0, 0.1) is 6.92 Å². The minimum absolute atomic E-state index is 0.153. The summed E-state index contributed by atoms with van der Waals surface area (Å²) in [5, 5.41) is 11.9. The summed E-state index contributed by atoms with van der Waals surface area (Å²) >= 11 is 0. The van der Waals surface area contributed by atoms with Crippen molar-refractivity contribution in [2.24, 2.45) is 0 Å². The maximum atomic E-state index is 12.8. The van der Waals surface area contributed by atoms with Crippen LogP contribution in [0.15, 0.2) is 41.3 Å². The summed E-state index contributed by atoms with van der Waals surface area (Å²) in [6.07, 6.45) is 1.62. The first-order valence-corrected chi connectivity index (χ1v) is 7.88. The molecule has 2 aromatic heterocycles. The number of nitrogens with one attached hydrogen (secondary N) is 1. The molecule has 0 spiro atoms. The number of aryl methyl sites for hydroxylation is 1. The number of benzene rings is 1. The van der Waals surface area contributed by atoms with E-state index in [0.717, 1.165) is 5.69 Å². The lowest BCUT2D eigenvalue weighted by Crippen LogP contribution is -2.35. The van der Waals surface area contributed by atoms with Gasteiger partial charge in [0.25, 0.3) is 5.56 Å². The van der Waals surface area contributed by atoms with E-state index < -0.39 is 0 Å². The molecule has 0 bridgehead atoms. The third-order valence-corrected chi connectivity index (χ3v) is 3.79. The van der Waals surface area contributed by atoms with Gasteiger partial charge in [-0.3, -0.25) is 9.59 Å². The first-order valence-electron chi connectivity index (χ1n) is 7.88. The summed E-state index contributed by atoms with van der Waals surface area (Å²) in [6, 6.07) is 9.37. The molecule has 0 saturated heterocycles. The lowest BCUT2D eigenvalue weighted by molar-refractivity contribution is -0.122. The number of carbonyl (C=O) groups is 1. The topological polar surface area (TPSA) is 91.0 Å². The molecule has 0 aliphatic heterocycles. The number of ether oxygens (including phenoxy) is 1. The molecule has 1 amide bonds. The molecule has 3 aromatic rings. The number of hydrogen-bond acceptors (Lipinski definition) is 5. The molecule has 25 heavy (non-hydrogen) atoms. The smallest absolute Gasteiger partial charge is 0.293 e. The summed E-state index contributed by atoms with van der Waals surface area (Å²) in [6.45, 7) is 2.43. The highest BCUT2D eigenvalue weighted by molar-refractivity contribution is 5.82. The van der Waals surface area contributed by atoms with Gasteiger partial charge in [-0.15, -0.1) is 0 Å². The van der Waals surface area contributed by atoms with Crippen molar-refractivity contribution in [2.45, 2.75) is 13.5 Å². The van der Waals surface area contributed by atoms with E-state index in [1.54, 1.807) is 24.9 Å². The van der Waals surface area contributed by atoms with Gasteiger partial charge in [-0.05, 0) is 19.1 Å². The Balaban J connectivity index is 2.00. The van der Waals surface area contributed by atoms with Gasteiger partial charge in [0.1, 0.15) is 12.1 Å². The Morgan fingerprint density at radius 2 is 2.04 bits per heavy atom. The van der Waals surface area contributed by atoms with Crippen LogP contribution in [0.25, 0.3) is 16.6 Å². The summed E-state index contributed by atoms with van der Waals surface area (Å²) in [7, 11) is 1.56. The van der Waals surface area contributed by atoms with Crippen LogP contribution < -0.4 is 10.9 Å². The normalized spacial score (nSPS) is 11.0. The van der Waals surface area contributed by atoms with Gasteiger partial charge in [0.2, 0.25) is 5.91 Å². The van der Waals surface area contributed by atoms with Crippen molar-refractivity contribution in [1.82, 2.24) is 24.9 Å². The maximum Gasteiger partial charge on any atom is 0.293 e. The molecule has 3 rings (SSSR count). The average molecular weight is 341 g/mol. The Hall–Kier alpha value is -3.00. The molecule has 1 aromatic carbocycles. The fraction of sp³-hybridized carbons (Fsp3) is 0.294. The van der Waals surface area contributed by atoms with E-state index in [4.69, 9.17) is 4.74 Å². The first-order chi connectivity index (χ1) is 12.1. The molecule has 8 nitrogen and oxygen atoms in total. The highest BCUT2D eigenvalue weighted by Gasteiger charge is 2.16.